The second-order valence-corrected chi connectivity index (χ2v) is 8.59. The van der Waals surface area contributed by atoms with Crippen LogP contribution in [0.25, 0.3) is 0 Å². The van der Waals surface area contributed by atoms with Crippen LogP contribution < -0.4 is 5.32 Å². The standard InChI is InChI=1S/C15H30N2O2S/c1-3-15(4-2)8-11-17(12-9-15)20(18,19)13-5-10-16-14-6-7-14/h14,16H,3-13H2,1-2H3. The Bertz CT molecular complexity index is 390. The number of hydrogen-bond acceptors (Lipinski definition) is 3. The molecule has 0 aromatic carbocycles. The molecule has 0 amide bonds. The lowest BCUT2D eigenvalue weighted by molar-refractivity contribution is 0.141. The molecule has 1 heterocycles. The van der Waals surface area contributed by atoms with Crippen LogP contribution in [0.4, 0.5) is 0 Å². The molecule has 20 heavy (non-hydrogen) atoms. The maximum absolute atomic E-state index is 12.3. The summed E-state index contributed by atoms with van der Waals surface area (Å²) in [4.78, 5) is 0. The van der Waals surface area contributed by atoms with E-state index < -0.39 is 10.0 Å². The molecular formula is C15H30N2O2S. The quantitative estimate of drug-likeness (QED) is 0.700. The molecule has 0 unspecified atom stereocenters. The van der Waals surface area contributed by atoms with Crippen molar-refractivity contribution in [2.75, 3.05) is 25.4 Å². The van der Waals surface area contributed by atoms with Crippen molar-refractivity contribution in [3.8, 4) is 0 Å². The maximum atomic E-state index is 12.3. The van der Waals surface area contributed by atoms with Crippen LogP contribution in [0.1, 0.15) is 58.8 Å². The van der Waals surface area contributed by atoms with E-state index in [-0.39, 0.29) is 0 Å². The zero-order chi connectivity index (χ0) is 14.6. The molecule has 2 fully saturated rings. The molecule has 0 bridgehead atoms. The van der Waals surface area contributed by atoms with E-state index in [0.717, 1.165) is 38.9 Å². The van der Waals surface area contributed by atoms with E-state index in [1.165, 1.54) is 25.7 Å². The van der Waals surface area contributed by atoms with Crippen LogP contribution in [0.15, 0.2) is 0 Å². The summed E-state index contributed by atoms with van der Waals surface area (Å²) >= 11 is 0. The van der Waals surface area contributed by atoms with Gasteiger partial charge in [0.05, 0.1) is 5.75 Å². The van der Waals surface area contributed by atoms with Crippen LogP contribution in [-0.4, -0.2) is 44.2 Å². The van der Waals surface area contributed by atoms with E-state index in [1.54, 1.807) is 4.31 Å². The summed E-state index contributed by atoms with van der Waals surface area (Å²) in [6, 6.07) is 0.669. The van der Waals surface area contributed by atoms with Gasteiger partial charge in [-0.1, -0.05) is 26.7 Å². The van der Waals surface area contributed by atoms with Gasteiger partial charge in [-0.25, -0.2) is 12.7 Å². The lowest BCUT2D eigenvalue weighted by Crippen LogP contribution is -2.43. The summed E-state index contributed by atoms with van der Waals surface area (Å²) in [5.41, 5.74) is 0.388. The Labute approximate surface area is 124 Å². The molecule has 2 rings (SSSR count). The van der Waals surface area contributed by atoms with E-state index in [2.05, 4.69) is 19.2 Å². The van der Waals surface area contributed by atoms with Crippen molar-refractivity contribution in [3.05, 3.63) is 0 Å². The lowest BCUT2D eigenvalue weighted by atomic mass is 9.75. The van der Waals surface area contributed by atoms with Crippen molar-refractivity contribution in [2.45, 2.75) is 64.8 Å². The normalized spacial score (nSPS) is 23.9. The van der Waals surface area contributed by atoms with Crippen LogP contribution in [0.3, 0.4) is 0 Å². The van der Waals surface area contributed by atoms with Crippen molar-refractivity contribution < 1.29 is 8.42 Å². The fourth-order valence-electron chi connectivity index (χ4n) is 3.17. The van der Waals surface area contributed by atoms with Gasteiger partial charge < -0.3 is 5.32 Å². The molecule has 1 saturated carbocycles. The first-order valence-electron chi connectivity index (χ1n) is 8.22. The SMILES string of the molecule is CCC1(CC)CCN(S(=O)(=O)CCCNC2CC2)CC1. The predicted octanol–water partition coefficient (Wildman–Crippen LogP) is 2.36. The molecule has 0 aromatic heterocycles. The molecule has 0 atom stereocenters. The highest BCUT2D eigenvalue weighted by molar-refractivity contribution is 7.89. The second kappa shape index (κ2) is 6.75. The molecule has 118 valence electrons. The third kappa shape index (κ3) is 4.18. The van der Waals surface area contributed by atoms with Gasteiger partial charge in [0.25, 0.3) is 0 Å². The number of nitrogens with one attached hydrogen (secondary N) is 1. The smallest absolute Gasteiger partial charge is 0.214 e. The lowest BCUT2D eigenvalue weighted by Gasteiger charge is -2.40. The zero-order valence-corrected chi connectivity index (χ0v) is 13.8. The molecule has 1 saturated heterocycles. The average Bonchev–Trinajstić information content (AvgIpc) is 3.28. The number of hydrogen-bond donors (Lipinski definition) is 1. The van der Waals surface area contributed by atoms with Gasteiger partial charge in [-0.05, 0) is 44.1 Å². The Morgan fingerprint density at radius 1 is 1.15 bits per heavy atom. The molecule has 0 aromatic rings. The molecule has 5 heteroatoms. The van der Waals surface area contributed by atoms with Gasteiger partial charge in [0.2, 0.25) is 10.0 Å². The van der Waals surface area contributed by atoms with Gasteiger partial charge in [0.15, 0.2) is 0 Å². The van der Waals surface area contributed by atoms with Gasteiger partial charge in [-0.15, -0.1) is 0 Å². The fourth-order valence-corrected chi connectivity index (χ4v) is 4.68. The van der Waals surface area contributed by atoms with Crippen LogP contribution in [-0.2, 0) is 10.0 Å². The third-order valence-electron chi connectivity index (χ3n) is 5.27. The molecule has 0 radical (unpaired) electrons. The van der Waals surface area contributed by atoms with E-state index >= 15 is 0 Å². The maximum Gasteiger partial charge on any atom is 0.214 e. The van der Waals surface area contributed by atoms with Crippen LogP contribution in [0.2, 0.25) is 0 Å². The van der Waals surface area contributed by atoms with Gasteiger partial charge in [0, 0.05) is 19.1 Å². The Balaban J connectivity index is 1.75. The van der Waals surface area contributed by atoms with Gasteiger partial charge >= 0.3 is 0 Å². The summed E-state index contributed by atoms with van der Waals surface area (Å²) in [6.45, 7) is 6.75. The molecule has 1 N–H and O–H groups in total. The molecule has 1 aliphatic heterocycles. The van der Waals surface area contributed by atoms with Crippen LogP contribution >= 0.6 is 0 Å². The average molecular weight is 302 g/mol. The number of nitrogens with zero attached hydrogens (tertiary/aromatic N) is 1. The number of sulfonamides is 1. The Morgan fingerprint density at radius 3 is 2.25 bits per heavy atom. The Hall–Kier alpha value is -0.130. The van der Waals surface area contributed by atoms with Crippen molar-refractivity contribution in [2.24, 2.45) is 5.41 Å². The van der Waals surface area contributed by atoms with Crippen LogP contribution in [0, 0.1) is 5.41 Å². The van der Waals surface area contributed by atoms with Gasteiger partial charge in [-0.3, -0.25) is 0 Å². The summed E-state index contributed by atoms with van der Waals surface area (Å²) in [6.07, 6.45) is 7.65. The zero-order valence-electron chi connectivity index (χ0n) is 13.0. The largest absolute Gasteiger partial charge is 0.314 e. The van der Waals surface area contributed by atoms with Crippen molar-refractivity contribution in [3.63, 3.8) is 0 Å². The molecule has 0 spiro atoms. The summed E-state index contributed by atoms with van der Waals surface area (Å²) in [5.74, 6) is 0.304. The topological polar surface area (TPSA) is 49.4 Å². The Morgan fingerprint density at radius 2 is 1.75 bits per heavy atom. The first-order valence-corrected chi connectivity index (χ1v) is 9.83. The van der Waals surface area contributed by atoms with E-state index in [4.69, 9.17) is 0 Å². The highest BCUT2D eigenvalue weighted by Gasteiger charge is 2.35. The molecular weight excluding hydrogens is 272 g/mol. The predicted molar refractivity (Wildman–Crippen MR) is 83.3 cm³/mol. The van der Waals surface area contributed by atoms with E-state index in [1.807, 2.05) is 0 Å². The molecule has 4 nitrogen and oxygen atoms in total. The monoisotopic (exact) mass is 302 g/mol. The van der Waals surface area contributed by atoms with Crippen molar-refractivity contribution in [1.82, 2.24) is 9.62 Å². The minimum atomic E-state index is -3.03. The van der Waals surface area contributed by atoms with Crippen LogP contribution in [0.5, 0.6) is 0 Å². The van der Waals surface area contributed by atoms with E-state index in [0.29, 0.717) is 17.2 Å². The fraction of sp³-hybridized carbons (Fsp3) is 1.00. The second-order valence-electron chi connectivity index (χ2n) is 6.50. The minimum Gasteiger partial charge on any atom is -0.314 e. The van der Waals surface area contributed by atoms with Crippen molar-refractivity contribution >= 4 is 10.0 Å². The summed E-state index contributed by atoms with van der Waals surface area (Å²) in [7, 11) is -3.03. The number of rotatable bonds is 8. The summed E-state index contributed by atoms with van der Waals surface area (Å²) < 4.78 is 26.4. The Kier molecular flexibility index (Phi) is 5.49. The molecule has 2 aliphatic rings. The first kappa shape index (κ1) is 16.2. The number of piperidine rings is 1. The summed E-state index contributed by atoms with van der Waals surface area (Å²) in [5, 5.41) is 3.38. The first-order chi connectivity index (χ1) is 9.51. The third-order valence-corrected chi connectivity index (χ3v) is 7.22. The van der Waals surface area contributed by atoms with Gasteiger partial charge in [0.1, 0.15) is 0 Å². The highest BCUT2D eigenvalue weighted by atomic mass is 32.2. The van der Waals surface area contributed by atoms with Crippen molar-refractivity contribution in [1.29, 1.82) is 0 Å². The minimum absolute atomic E-state index is 0.304. The van der Waals surface area contributed by atoms with E-state index in [9.17, 15) is 8.42 Å². The highest BCUT2D eigenvalue weighted by Crippen LogP contribution is 2.38. The molecule has 1 aliphatic carbocycles. The van der Waals surface area contributed by atoms with Gasteiger partial charge in [-0.2, -0.15) is 0 Å².